The smallest absolute Gasteiger partial charge is 0.338 e. The number of rotatable bonds is 15. The third-order valence-corrected chi connectivity index (χ3v) is 6.17. The SMILES string of the molecule is CCCC[C@H](OC(=O)c1cc(OC)c(OCc2ccccc2)c(OCc2ccccc2)c1)[C@@H](C)CC(=O)O. The first kappa shape index (κ1) is 28.6. The molecule has 0 radical (unpaired) electrons. The fraction of sp³-hybridized carbons (Fsp3) is 0.355. The number of benzene rings is 3. The molecule has 3 rings (SSSR count). The second-order valence-corrected chi connectivity index (χ2v) is 9.22. The van der Waals surface area contributed by atoms with Crippen molar-refractivity contribution in [3.63, 3.8) is 0 Å². The Labute approximate surface area is 224 Å². The Kier molecular flexibility index (Phi) is 11.0. The third kappa shape index (κ3) is 8.54. The average Bonchev–Trinajstić information content (AvgIpc) is 2.93. The van der Waals surface area contributed by atoms with E-state index >= 15 is 0 Å². The highest BCUT2D eigenvalue weighted by atomic mass is 16.5. The first-order chi connectivity index (χ1) is 18.4. The van der Waals surface area contributed by atoms with Gasteiger partial charge in [-0.1, -0.05) is 87.4 Å². The number of esters is 1. The number of carbonyl (C=O) groups excluding carboxylic acids is 1. The number of unbranched alkanes of at least 4 members (excludes halogenated alkanes) is 1. The Balaban J connectivity index is 1.89. The van der Waals surface area contributed by atoms with Crippen LogP contribution >= 0.6 is 0 Å². The lowest BCUT2D eigenvalue weighted by Crippen LogP contribution is -2.27. The molecule has 3 aromatic rings. The molecule has 1 N–H and O–H groups in total. The zero-order valence-electron chi connectivity index (χ0n) is 22.2. The van der Waals surface area contributed by atoms with Crippen LogP contribution in [0, 0.1) is 5.92 Å². The molecule has 2 atom stereocenters. The van der Waals surface area contributed by atoms with Crippen LogP contribution in [0.2, 0.25) is 0 Å². The van der Waals surface area contributed by atoms with Crippen molar-refractivity contribution in [3.8, 4) is 17.2 Å². The second kappa shape index (κ2) is 14.7. The number of carboxylic acid groups (broad SMARTS) is 1. The van der Waals surface area contributed by atoms with Crippen LogP contribution in [0.25, 0.3) is 0 Å². The van der Waals surface area contributed by atoms with Gasteiger partial charge in [0.1, 0.15) is 19.3 Å². The Hall–Kier alpha value is -4.00. The van der Waals surface area contributed by atoms with Gasteiger partial charge < -0.3 is 24.1 Å². The van der Waals surface area contributed by atoms with Gasteiger partial charge in [0, 0.05) is 5.92 Å². The maximum absolute atomic E-state index is 13.3. The summed E-state index contributed by atoms with van der Waals surface area (Å²) in [5.41, 5.74) is 2.16. The van der Waals surface area contributed by atoms with Crippen LogP contribution in [0.3, 0.4) is 0 Å². The van der Waals surface area contributed by atoms with Crippen LogP contribution in [0.4, 0.5) is 0 Å². The first-order valence-electron chi connectivity index (χ1n) is 12.9. The number of hydrogen-bond donors (Lipinski definition) is 1. The lowest BCUT2D eigenvalue weighted by atomic mass is 9.96. The molecule has 0 aliphatic rings. The van der Waals surface area contributed by atoms with E-state index in [1.807, 2.05) is 67.6 Å². The van der Waals surface area contributed by atoms with Crippen LogP contribution in [0.1, 0.15) is 61.0 Å². The van der Waals surface area contributed by atoms with Crippen molar-refractivity contribution in [1.29, 1.82) is 0 Å². The van der Waals surface area contributed by atoms with Crippen LogP contribution in [0.15, 0.2) is 72.8 Å². The van der Waals surface area contributed by atoms with Crippen molar-refractivity contribution in [1.82, 2.24) is 0 Å². The zero-order chi connectivity index (χ0) is 27.3. The molecule has 3 aromatic carbocycles. The largest absolute Gasteiger partial charge is 0.493 e. The lowest BCUT2D eigenvalue weighted by Gasteiger charge is -2.24. The van der Waals surface area contributed by atoms with Gasteiger partial charge >= 0.3 is 11.9 Å². The number of hydrogen-bond acceptors (Lipinski definition) is 6. The zero-order valence-corrected chi connectivity index (χ0v) is 22.2. The van der Waals surface area contributed by atoms with Crippen molar-refractivity contribution in [2.75, 3.05) is 7.11 Å². The van der Waals surface area contributed by atoms with Gasteiger partial charge in [-0.3, -0.25) is 4.79 Å². The van der Waals surface area contributed by atoms with E-state index in [1.54, 1.807) is 19.1 Å². The molecular formula is C31H36O7. The summed E-state index contributed by atoms with van der Waals surface area (Å²) >= 11 is 0. The van der Waals surface area contributed by atoms with E-state index in [2.05, 4.69) is 0 Å². The van der Waals surface area contributed by atoms with Crippen molar-refractivity contribution < 1.29 is 33.6 Å². The Morgan fingerprint density at radius 2 is 1.45 bits per heavy atom. The van der Waals surface area contributed by atoms with Gasteiger partial charge in [0.2, 0.25) is 5.75 Å². The summed E-state index contributed by atoms with van der Waals surface area (Å²) in [5.74, 6) is -0.756. The number of methoxy groups -OCH3 is 1. The van der Waals surface area contributed by atoms with E-state index in [4.69, 9.17) is 18.9 Å². The molecule has 7 nitrogen and oxygen atoms in total. The predicted molar refractivity (Wildman–Crippen MR) is 145 cm³/mol. The van der Waals surface area contributed by atoms with Gasteiger partial charge in [-0.05, 0) is 29.7 Å². The van der Waals surface area contributed by atoms with Crippen LogP contribution < -0.4 is 14.2 Å². The monoisotopic (exact) mass is 520 g/mol. The Morgan fingerprint density at radius 1 is 0.868 bits per heavy atom. The molecule has 0 saturated carbocycles. The number of carbonyl (C=O) groups is 2. The van der Waals surface area contributed by atoms with Crippen molar-refractivity contribution in [2.24, 2.45) is 5.92 Å². The molecule has 0 aromatic heterocycles. The molecule has 0 heterocycles. The summed E-state index contributed by atoms with van der Waals surface area (Å²) < 4.78 is 23.7. The molecule has 0 spiro atoms. The molecule has 0 bridgehead atoms. The quantitative estimate of drug-likeness (QED) is 0.224. The molecule has 0 aliphatic carbocycles. The number of aliphatic carboxylic acids is 1. The molecule has 0 unspecified atom stereocenters. The van der Waals surface area contributed by atoms with Gasteiger partial charge in [0.15, 0.2) is 11.5 Å². The highest BCUT2D eigenvalue weighted by Crippen LogP contribution is 2.40. The Bertz CT molecular complexity index is 1160. The minimum Gasteiger partial charge on any atom is -0.493 e. The van der Waals surface area contributed by atoms with Gasteiger partial charge in [-0.2, -0.15) is 0 Å². The lowest BCUT2D eigenvalue weighted by molar-refractivity contribution is -0.139. The first-order valence-corrected chi connectivity index (χ1v) is 12.9. The molecular weight excluding hydrogens is 484 g/mol. The summed E-state index contributed by atoms with van der Waals surface area (Å²) in [5, 5.41) is 9.24. The normalized spacial score (nSPS) is 12.3. The van der Waals surface area contributed by atoms with E-state index in [1.165, 1.54) is 7.11 Å². The van der Waals surface area contributed by atoms with Gasteiger partial charge in [0.25, 0.3) is 0 Å². The fourth-order valence-electron chi connectivity index (χ4n) is 4.04. The van der Waals surface area contributed by atoms with E-state index in [9.17, 15) is 14.7 Å². The van der Waals surface area contributed by atoms with Crippen LogP contribution in [0.5, 0.6) is 17.2 Å². The summed E-state index contributed by atoms with van der Waals surface area (Å²) in [6, 6.07) is 22.5. The summed E-state index contributed by atoms with van der Waals surface area (Å²) in [6.45, 7) is 4.38. The second-order valence-electron chi connectivity index (χ2n) is 9.22. The molecule has 0 saturated heterocycles. The van der Waals surface area contributed by atoms with Crippen LogP contribution in [-0.2, 0) is 22.7 Å². The molecule has 202 valence electrons. The van der Waals surface area contributed by atoms with Crippen LogP contribution in [-0.4, -0.2) is 30.3 Å². The summed E-state index contributed by atoms with van der Waals surface area (Å²) in [7, 11) is 1.50. The van der Waals surface area contributed by atoms with Crippen molar-refractivity contribution >= 4 is 11.9 Å². The molecule has 7 heteroatoms. The average molecular weight is 521 g/mol. The van der Waals surface area contributed by atoms with Gasteiger partial charge in [-0.25, -0.2) is 4.79 Å². The topological polar surface area (TPSA) is 91.3 Å². The molecule has 0 aliphatic heterocycles. The summed E-state index contributed by atoms with van der Waals surface area (Å²) in [4.78, 5) is 24.5. The van der Waals surface area contributed by atoms with E-state index < -0.39 is 18.0 Å². The minimum atomic E-state index is -0.923. The molecule has 38 heavy (non-hydrogen) atoms. The highest BCUT2D eigenvalue weighted by Gasteiger charge is 2.26. The third-order valence-electron chi connectivity index (χ3n) is 6.17. The van der Waals surface area contributed by atoms with E-state index in [-0.39, 0.29) is 31.1 Å². The molecule has 0 amide bonds. The summed E-state index contributed by atoms with van der Waals surface area (Å²) in [6.07, 6.45) is 1.72. The predicted octanol–water partition coefficient (Wildman–Crippen LogP) is 6.68. The van der Waals surface area contributed by atoms with Gasteiger partial charge in [0.05, 0.1) is 19.1 Å². The fourth-order valence-corrected chi connectivity index (χ4v) is 4.04. The maximum Gasteiger partial charge on any atom is 0.338 e. The van der Waals surface area contributed by atoms with Crippen molar-refractivity contribution in [2.45, 2.75) is 58.8 Å². The highest BCUT2D eigenvalue weighted by molar-refractivity contribution is 5.91. The standard InChI is InChI=1S/C31H36O7/c1-4-5-16-26(22(2)17-29(32)33)38-31(34)25-18-27(35-3)30(37-21-24-14-10-7-11-15-24)28(19-25)36-20-23-12-8-6-9-13-23/h6-15,18-19,22,26H,4-5,16-17,20-21H2,1-3H3,(H,32,33)/t22-,26-/m0/s1. The minimum absolute atomic E-state index is 0.0807. The number of carboxylic acids is 1. The Morgan fingerprint density at radius 3 is 2.00 bits per heavy atom. The van der Waals surface area contributed by atoms with Crippen molar-refractivity contribution in [3.05, 3.63) is 89.5 Å². The molecule has 0 fully saturated rings. The van der Waals surface area contributed by atoms with E-state index in [0.717, 1.165) is 24.0 Å². The van der Waals surface area contributed by atoms with Gasteiger partial charge in [-0.15, -0.1) is 0 Å². The van der Waals surface area contributed by atoms with E-state index in [0.29, 0.717) is 23.7 Å². The maximum atomic E-state index is 13.3. The number of ether oxygens (including phenoxy) is 4.